The normalized spacial score (nSPS) is 15.4. The average molecular weight is 283 g/mol. The van der Waals surface area contributed by atoms with Gasteiger partial charge in [0.05, 0.1) is 7.11 Å². The fraction of sp³-hybridized carbons (Fsp3) is 0.0909. The van der Waals surface area contributed by atoms with E-state index in [0.29, 0.717) is 11.3 Å². The number of ether oxygens (including phenoxy) is 2. The Morgan fingerprint density at radius 2 is 1.81 bits per heavy atom. The molecule has 1 aromatic rings. The number of carbonyl (C=O) groups excluding carboxylic acids is 2. The molecule has 0 unspecified atom stereocenters. The highest BCUT2D eigenvalue weighted by molar-refractivity contribution is 9.12. The van der Waals surface area contributed by atoms with Crippen LogP contribution in [-0.4, -0.2) is 18.9 Å². The molecule has 0 aromatic heterocycles. The molecule has 5 heteroatoms. The highest BCUT2D eigenvalue weighted by Crippen LogP contribution is 2.31. The molecule has 0 spiro atoms. The van der Waals surface area contributed by atoms with E-state index in [0.717, 1.165) is 0 Å². The number of benzene rings is 1. The maximum absolute atomic E-state index is 11.2. The molecular formula is C11H7BrO4. The number of carbonyl (C=O) groups is 2. The number of hydrogen-bond acceptors (Lipinski definition) is 4. The van der Waals surface area contributed by atoms with Crippen LogP contribution in [0.1, 0.15) is 5.56 Å². The van der Waals surface area contributed by atoms with Crippen LogP contribution >= 0.6 is 15.9 Å². The molecule has 82 valence electrons. The topological polar surface area (TPSA) is 52.6 Å². The van der Waals surface area contributed by atoms with E-state index in [1.54, 1.807) is 31.4 Å². The van der Waals surface area contributed by atoms with Crippen molar-refractivity contribution >= 4 is 33.4 Å². The Hall–Kier alpha value is -1.62. The fourth-order valence-corrected chi connectivity index (χ4v) is 1.78. The zero-order chi connectivity index (χ0) is 11.7. The van der Waals surface area contributed by atoms with Crippen LogP contribution in [0.4, 0.5) is 0 Å². The van der Waals surface area contributed by atoms with E-state index in [2.05, 4.69) is 15.9 Å². The van der Waals surface area contributed by atoms with Crippen molar-refractivity contribution in [1.29, 1.82) is 0 Å². The van der Waals surface area contributed by atoms with E-state index < -0.39 is 11.8 Å². The van der Waals surface area contributed by atoms with Gasteiger partial charge in [0.25, 0.3) is 5.78 Å². The quantitative estimate of drug-likeness (QED) is 0.614. The summed E-state index contributed by atoms with van der Waals surface area (Å²) in [6.07, 6.45) is 0. The molecule has 1 heterocycles. The van der Waals surface area contributed by atoms with Gasteiger partial charge in [0, 0.05) is 5.56 Å². The summed E-state index contributed by atoms with van der Waals surface area (Å²) in [5, 5.41) is 0. The summed E-state index contributed by atoms with van der Waals surface area (Å²) in [5.74, 6) is -0.586. The molecule has 0 aliphatic carbocycles. The third kappa shape index (κ3) is 1.74. The number of hydrogen-bond donors (Lipinski definition) is 0. The van der Waals surface area contributed by atoms with Gasteiger partial charge < -0.3 is 9.47 Å². The molecule has 16 heavy (non-hydrogen) atoms. The van der Waals surface area contributed by atoms with E-state index >= 15 is 0 Å². The van der Waals surface area contributed by atoms with Crippen molar-refractivity contribution in [1.82, 2.24) is 0 Å². The van der Waals surface area contributed by atoms with Gasteiger partial charge in [-0.05, 0) is 40.2 Å². The van der Waals surface area contributed by atoms with Gasteiger partial charge in [-0.2, -0.15) is 0 Å². The van der Waals surface area contributed by atoms with Crippen molar-refractivity contribution in [3.05, 3.63) is 34.3 Å². The van der Waals surface area contributed by atoms with Gasteiger partial charge >= 0.3 is 5.97 Å². The lowest BCUT2D eigenvalue weighted by Gasteiger charge is -2.03. The van der Waals surface area contributed by atoms with Gasteiger partial charge in [0.15, 0.2) is 5.76 Å². The van der Waals surface area contributed by atoms with Crippen molar-refractivity contribution in [3.63, 3.8) is 0 Å². The SMILES string of the molecule is COc1ccc(C2=C(Br)C(=O)C(=O)O2)cc1. The Morgan fingerprint density at radius 1 is 1.19 bits per heavy atom. The zero-order valence-electron chi connectivity index (χ0n) is 8.32. The second-order valence-electron chi connectivity index (χ2n) is 3.09. The summed E-state index contributed by atoms with van der Waals surface area (Å²) in [5.41, 5.74) is 0.645. The van der Waals surface area contributed by atoms with Crippen LogP contribution in [0.15, 0.2) is 28.7 Å². The van der Waals surface area contributed by atoms with Crippen LogP contribution in [-0.2, 0) is 14.3 Å². The van der Waals surface area contributed by atoms with E-state index in [1.807, 2.05) is 0 Å². The van der Waals surface area contributed by atoms with Crippen molar-refractivity contribution in [2.45, 2.75) is 0 Å². The van der Waals surface area contributed by atoms with E-state index in [9.17, 15) is 9.59 Å². The maximum atomic E-state index is 11.2. The molecule has 0 saturated heterocycles. The first-order chi connectivity index (χ1) is 7.63. The lowest BCUT2D eigenvalue weighted by atomic mass is 10.2. The van der Waals surface area contributed by atoms with Crippen LogP contribution in [0.25, 0.3) is 5.76 Å². The minimum atomic E-state index is -0.863. The number of ketones is 1. The predicted octanol–water partition coefficient (Wildman–Crippen LogP) is 1.88. The molecule has 0 atom stereocenters. The fourth-order valence-electron chi connectivity index (χ4n) is 1.30. The highest BCUT2D eigenvalue weighted by Gasteiger charge is 2.32. The van der Waals surface area contributed by atoms with Gasteiger partial charge in [-0.1, -0.05) is 0 Å². The number of rotatable bonds is 2. The molecular weight excluding hydrogens is 276 g/mol. The zero-order valence-corrected chi connectivity index (χ0v) is 9.91. The third-order valence-corrected chi connectivity index (χ3v) is 2.85. The lowest BCUT2D eigenvalue weighted by molar-refractivity contribution is -0.144. The third-order valence-electron chi connectivity index (χ3n) is 2.13. The van der Waals surface area contributed by atoms with Crippen LogP contribution in [0.2, 0.25) is 0 Å². The van der Waals surface area contributed by atoms with Crippen LogP contribution in [0.3, 0.4) is 0 Å². The van der Waals surface area contributed by atoms with Gasteiger partial charge in [-0.25, -0.2) is 4.79 Å². The second kappa shape index (κ2) is 4.09. The van der Waals surface area contributed by atoms with Gasteiger partial charge in [-0.3, -0.25) is 4.79 Å². The molecule has 0 radical (unpaired) electrons. The first kappa shape index (κ1) is 10.9. The maximum Gasteiger partial charge on any atom is 0.385 e. The Kier molecular flexibility index (Phi) is 2.78. The van der Waals surface area contributed by atoms with Crippen molar-refractivity contribution in [2.24, 2.45) is 0 Å². The number of halogens is 1. The Labute approximate surface area is 100.0 Å². The van der Waals surface area contributed by atoms with E-state index in [-0.39, 0.29) is 10.2 Å². The van der Waals surface area contributed by atoms with Gasteiger partial charge in [-0.15, -0.1) is 0 Å². The Morgan fingerprint density at radius 3 is 2.25 bits per heavy atom. The molecule has 0 saturated carbocycles. The van der Waals surface area contributed by atoms with Crippen LogP contribution in [0, 0.1) is 0 Å². The molecule has 1 aromatic carbocycles. The van der Waals surface area contributed by atoms with Crippen molar-refractivity contribution in [3.8, 4) is 5.75 Å². The summed E-state index contributed by atoms with van der Waals surface area (Å²) < 4.78 is 10.0. The largest absolute Gasteiger partial charge is 0.497 e. The first-order valence-electron chi connectivity index (χ1n) is 4.44. The molecule has 1 aliphatic heterocycles. The summed E-state index contributed by atoms with van der Waals surface area (Å²) in [7, 11) is 1.56. The number of cyclic esters (lactones) is 1. The predicted molar refractivity (Wildman–Crippen MR) is 59.9 cm³/mol. The number of Topliss-reactive ketones (excluding diaryl/α,β-unsaturated/α-hetero) is 1. The summed E-state index contributed by atoms with van der Waals surface area (Å²) in [6, 6.07) is 6.86. The minimum absolute atomic E-state index is 0.155. The standard InChI is InChI=1S/C11H7BrO4/c1-15-7-4-2-6(3-5-7)10-8(12)9(13)11(14)16-10/h2-5H,1H3. The number of esters is 1. The van der Waals surface area contributed by atoms with Gasteiger partial charge in [0.2, 0.25) is 0 Å². The molecule has 0 N–H and O–H groups in total. The summed E-state index contributed by atoms with van der Waals surface area (Å²) >= 11 is 3.04. The monoisotopic (exact) mass is 282 g/mol. The van der Waals surface area contributed by atoms with Crippen LogP contribution < -0.4 is 4.74 Å². The molecule has 0 bridgehead atoms. The Bertz CT molecular complexity index is 487. The minimum Gasteiger partial charge on any atom is -0.497 e. The smallest absolute Gasteiger partial charge is 0.385 e. The summed E-state index contributed by atoms with van der Waals surface area (Å²) in [6.45, 7) is 0. The summed E-state index contributed by atoms with van der Waals surface area (Å²) in [4.78, 5) is 22.2. The molecule has 2 rings (SSSR count). The molecule has 1 aliphatic rings. The first-order valence-corrected chi connectivity index (χ1v) is 5.23. The molecule has 0 amide bonds. The van der Waals surface area contributed by atoms with Gasteiger partial charge in [0.1, 0.15) is 10.2 Å². The van der Waals surface area contributed by atoms with Crippen molar-refractivity contribution < 1.29 is 19.1 Å². The Balaban J connectivity index is 2.38. The van der Waals surface area contributed by atoms with Crippen molar-refractivity contribution in [2.75, 3.05) is 7.11 Å². The van der Waals surface area contributed by atoms with E-state index in [4.69, 9.17) is 9.47 Å². The molecule has 0 fully saturated rings. The second-order valence-corrected chi connectivity index (χ2v) is 3.88. The average Bonchev–Trinajstić information content (AvgIpc) is 2.57. The number of methoxy groups -OCH3 is 1. The van der Waals surface area contributed by atoms with E-state index in [1.165, 1.54) is 0 Å². The highest BCUT2D eigenvalue weighted by atomic mass is 79.9. The van der Waals surface area contributed by atoms with Crippen LogP contribution in [0.5, 0.6) is 5.75 Å². The molecule has 4 nitrogen and oxygen atoms in total. The lowest BCUT2D eigenvalue weighted by Crippen LogP contribution is -2.07.